The predicted molar refractivity (Wildman–Crippen MR) is 88.4 cm³/mol. The lowest BCUT2D eigenvalue weighted by molar-refractivity contribution is 0.320. The third-order valence-electron chi connectivity index (χ3n) is 3.78. The van der Waals surface area contributed by atoms with Gasteiger partial charge in [-0.15, -0.1) is 0 Å². The molecule has 5 nitrogen and oxygen atoms in total. The number of rotatable bonds is 6. The molecule has 6 heteroatoms. The molecule has 0 radical (unpaired) electrons. The van der Waals surface area contributed by atoms with Crippen molar-refractivity contribution in [1.82, 2.24) is 9.03 Å². The maximum atomic E-state index is 12.0. The predicted octanol–water partition coefficient (Wildman–Crippen LogP) is 2.29. The van der Waals surface area contributed by atoms with Gasteiger partial charge in [-0.2, -0.15) is 17.4 Å². The molecule has 0 unspecified atom stereocenters. The molecule has 1 N–H and O–H groups in total. The van der Waals surface area contributed by atoms with Gasteiger partial charge < -0.3 is 4.74 Å². The number of nitrogens with zero attached hydrogens (tertiary/aromatic N) is 1. The average Bonchev–Trinajstić information content (AvgIpc) is 2.98. The second-order valence-electron chi connectivity index (χ2n) is 6.63. The molecule has 0 saturated carbocycles. The number of ether oxygens (including phenoxy) is 1. The van der Waals surface area contributed by atoms with Gasteiger partial charge in [0.1, 0.15) is 12.4 Å². The van der Waals surface area contributed by atoms with E-state index in [0.717, 1.165) is 18.6 Å². The van der Waals surface area contributed by atoms with Crippen molar-refractivity contribution in [2.24, 2.45) is 0 Å². The lowest BCUT2D eigenvalue weighted by Gasteiger charge is -2.19. The Morgan fingerprint density at radius 1 is 1.14 bits per heavy atom. The molecular weight excluding hydrogens is 300 g/mol. The summed E-state index contributed by atoms with van der Waals surface area (Å²) in [5.41, 5.74) is 1.36. The first-order valence-electron chi connectivity index (χ1n) is 7.77. The van der Waals surface area contributed by atoms with Gasteiger partial charge >= 0.3 is 0 Å². The lowest BCUT2D eigenvalue weighted by atomic mass is 9.87. The summed E-state index contributed by atoms with van der Waals surface area (Å²) >= 11 is 0. The quantitative estimate of drug-likeness (QED) is 0.816. The molecule has 2 rings (SSSR count). The highest BCUT2D eigenvalue weighted by molar-refractivity contribution is 7.87. The second-order valence-corrected chi connectivity index (χ2v) is 8.38. The van der Waals surface area contributed by atoms with Crippen LogP contribution >= 0.6 is 0 Å². The van der Waals surface area contributed by atoms with Crippen molar-refractivity contribution in [1.29, 1.82) is 0 Å². The van der Waals surface area contributed by atoms with Crippen LogP contribution in [0.25, 0.3) is 0 Å². The van der Waals surface area contributed by atoms with Crippen LogP contribution in [0, 0.1) is 0 Å². The first kappa shape index (κ1) is 17.2. The topological polar surface area (TPSA) is 58.6 Å². The molecule has 1 fully saturated rings. The van der Waals surface area contributed by atoms with Gasteiger partial charge in [0.15, 0.2) is 0 Å². The molecule has 1 heterocycles. The second kappa shape index (κ2) is 6.98. The first-order chi connectivity index (χ1) is 10.3. The van der Waals surface area contributed by atoms with E-state index in [9.17, 15) is 8.42 Å². The van der Waals surface area contributed by atoms with Crippen LogP contribution in [0.3, 0.4) is 0 Å². The summed E-state index contributed by atoms with van der Waals surface area (Å²) in [5, 5.41) is 0. The molecule has 1 aromatic rings. The highest BCUT2D eigenvalue weighted by Gasteiger charge is 2.24. The van der Waals surface area contributed by atoms with E-state index in [1.807, 2.05) is 24.3 Å². The molecule has 1 aliphatic heterocycles. The molecule has 0 amide bonds. The van der Waals surface area contributed by atoms with Crippen LogP contribution in [0.1, 0.15) is 39.2 Å². The average molecular weight is 326 g/mol. The summed E-state index contributed by atoms with van der Waals surface area (Å²) in [6.45, 7) is 8.32. The zero-order valence-electron chi connectivity index (χ0n) is 13.6. The van der Waals surface area contributed by atoms with E-state index in [1.165, 1.54) is 9.87 Å². The van der Waals surface area contributed by atoms with Crippen molar-refractivity contribution in [2.45, 2.75) is 39.0 Å². The Balaban J connectivity index is 1.77. The van der Waals surface area contributed by atoms with Crippen molar-refractivity contribution in [2.75, 3.05) is 26.2 Å². The number of nitrogens with one attached hydrogen (secondary N) is 1. The summed E-state index contributed by atoms with van der Waals surface area (Å²) in [7, 11) is -3.34. The lowest BCUT2D eigenvalue weighted by Crippen LogP contribution is -2.40. The Labute approximate surface area is 133 Å². The van der Waals surface area contributed by atoms with Gasteiger partial charge in [0, 0.05) is 19.6 Å². The minimum absolute atomic E-state index is 0.115. The maximum absolute atomic E-state index is 12.0. The van der Waals surface area contributed by atoms with Gasteiger partial charge in [-0.3, -0.25) is 0 Å². The fraction of sp³-hybridized carbons (Fsp3) is 0.625. The molecule has 0 spiro atoms. The summed E-state index contributed by atoms with van der Waals surface area (Å²) in [6.07, 6.45) is 1.88. The Bertz CT molecular complexity index is 570. The molecule has 0 aliphatic carbocycles. The van der Waals surface area contributed by atoms with Crippen LogP contribution < -0.4 is 9.46 Å². The van der Waals surface area contributed by atoms with Crippen LogP contribution in [-0.2, 0) is 15.6 Å². The van der Waals surface area contributed by atoms with Crippen molar-refractivity contribution in [3.8, 4) is 5.75 Å². The monoisotopic (exact) mass is 326 g/mol. The Hall–Kier alpha value is -1.11. The summed E-state index contributed by atoms with van der Waals surface area (Å²) in [5.74, 6) is 0.758. The highest BCUT2D eigenvalue weighted by atomic mass is 32.2. The molecule has 1 aromatic carbocycles. The van der Waals surface area contributed by atoms with E-state index in [1.54, 1.807) is 0 Å². The molecule has 0 atom stereocenters. The molecule has 1 saturated heterocycles. The largest absolute Gasteiger partial charge is 0.492 e. The van der Waals surface area contributed by atoms with E-state index >= 15 is 0 Å². The van der Waals surface area contributed by atoms with Crippen LogP contribution in [0.15, 0.2) is 24.3 Å². The summed E-state index contributed by atoms with van der Waals surface area (Å²) < 4.78 is 33.6. The maximum Gasteiger partial charge on any atom is 0.279 e. The van der Waals surface area contributed by atoms with Gasteiger partial charge in [0.05, 0.1) is 0 Å². The Kier molecular flexibility index (Phi) is 5.47. The molecule has 1 aliphatic rings. The minimum Gasteiger partial charge on any atom is -0.492 e. The fourth-order valence-electron chi connectivity index (χ4n) is 2.41. The smallest absolute Gasteiger partial charge is 0.279 e. The van der Waals surface area contributed by atoms with E-state index in [0.29, 0.717) is 19.7 Å². The van der Waals surface area contributed by atoms with Crippen LogP contribution in [0.2, 0.25) is 0 Å². The molecular formula is C16H26N2O3S. The van der Waals surface area contributed by atoms with Crippen molar-refractivity contribution < 1.29 is 13.2 Å². The SMILES string of the molecule is CC(C)(C)c1ccc(OCCNS(=O)(=O)N2CCCC2)cc1. The van der Waals surface area contributed by atoms with Crippen LogP contribution in [0.4, 0.5) is 0 Å². The van der Waals surface area contributed by atoms with E-state index < -0.39 is 10.2 Å². The zero-order chi connectivity index (χ0) is 16.2. The van der Waals surface area contributed by atoms with Crippen LogP contribution in [0.5, 0.6) is 5.75 Å². The van der Waals surface area contributed by atoms with Gasteiger partial charge in [-0.05, 0) is 36.0 Å². The fourth-order valence-corrected chi connectivity index (χ4v) is 3.67. The van der Waals surface area contributed by atoms with Gasteiger partial charge in [0.2, 0.25) is 0 Å². The normalized spacial score (nSPS) is 16.9. The Morgan fingerprint density at radius 2 is 1.73 bits per heavy atom. The number of hydrogen-bond acceptors (Lipinski definition) is 3. The van der Waals surface area contributed by atoms with Gasteiger partial charge in [-0.25, -0.2) is 0 Å². The van der Waals surface area contributed by atoms with Crippen molar-refractivity contribution in [3.63, 3.8) is 0 Å². The molecule has 22 heavy (non-hydrogen) atoms. The van der Waals surface area contributed by atoms with Crippen molar-refractivity contribution in [3.05, 3.63) is 29.8 Å². The third-order valence-corrected chi connectivity index (χ3v) is 5.39. The van der Waals surface area contributed by atoms with E-state index in [2.05, 4.69) is 25.5 Å². The van der Waals surface area contributed by atoms with E-state index in [-0.39, 0.29) is 12.0 Å². The number of hydrogen-bond donors (Lipinski definition) is 1. The van der Waals surface area contributed by atoms with Crippen LogP contribution in [-0.4, -0.2) is 39.0 Å². The summed E-state index contributed by atoms with van der Waals surface area (Å²) in [6, 6.07) is 7.94. The molecule has 0 aromatic heterocycles. The summed E-state index contributed by atoms with van der Waals surface area (Å²) in [4.78, 5) is 0. The third kappa shape index (κ3) is 4.69. The zero-order valence-corrected chi connectivity index (χ0v) is 14.4. The molecule has 124 valence electrons. The van der Waals surface area contributed by atoms with Gasteiger partial charge in [0.25, 0.3) is 10.2 Å². The molecule has 0 bridgehead atoms. The standard InChI is InChI=1S/C16H26N2O3S/c1-16(2,3)14-6-8-15(9-7-14)21-13-10-17-22(19,20)18-11-4-5-12-18/h6-9,17H,4-5,10-13H2,1-3H3. The Morgan fingerprint density at radius 3 is 2.27 bits per heavy atom. The minimum atomic E-state index is -3.34. The van der Waals surface area contributed by atoms with Crippen molar-refractivity contribution >= 4 is 10.2 Å². The highest BCUT2D eigenvalue weighted by Crippen LogP contribution is 2.24. The van der Waals surface area contributed by atoms with Gasteiger partial charge in [-0.1, -0.05) is 32.9 Å². The first-order valence-corrected chi connectivity index (χ1v) is 9.21. The number of benzene rings is 1. The van der Waals surface area contributed by atoms with E-state index in [4.69, 9.17) is 4.74 Å².